The fourth-order valence-electron chi connectivity index (χ4n) is 2.89. The molecule has 0 amide bonds. The fourth-order valence-corrected chi connectivity index (χ4v) is 5.13. The van der Waals surface area contributed by atoms with Crippen molar-refractivity contribution in [1.82, 2.24) is 13.8 Å². The van der Waals surface area contributed by atoms with E-state index in [1.807, 2.05) is 25.1 Å². The van der Waals surface area contributed by atoms with E-state index in [0.717, 1.165) is 11.3 Å². The molecule has 1 aromatic carbocycles. The van der Waals surface area contributed by atoms with Crippen LogP contribution >= 0.6 is 11.3 Å². The number of carbonyl (C=O) groups is 1. The number of thiazole rings is 1. The molecule has 0 atom stereocenters. The summed E-state index contributed by atoms with van der Waals surface area (Å²) in [7, 11) is 1.65. The number of nitrogens with one attached hydrogen (secondary N) is 1. The summed E-state index contributed by atoms with van der Waals surface area (Å²) < 4.78 is 33.5. The van der Waals surface area contributed by atoms with Crippen molar-refractivity contribution in [2.45, 2.75) is 18.4 Å². The molecule has 12 heteroatoms. The third-order valence-corrected chi connectivity index (χ3v) is 7.88. The summed E-state index contributed by atoms with van der Waals surface area (Å²) in [5.41, 5.74) is -0.0680. The van der Waals surface area contributed by atoms with Crippen LogP contribution in [0, 0.1) is 11.3 Å². The number of hydrogen-bond acceptors (Lipinski definition) is 9. The van der Waals surface area contributed by atoms with Gasteiger partial charge in [-0.2, -0.15) is 9.57 Å². The summed E-state index contributed by atoms with van der Waals surface area (Å²) in [6.07, 6.45) is 2.84. The van der Waals surface area contributed by atoms with Gasteiger partial charge < -0.3 is 15.0 Å². The molecule has 35 heavy (non-hydrogen) atoms. The maximum atomic E-state index is 12.8. The normalized spacial score (nSPS) is 13.0. The number of rotatable bonds is 11. The standard InChI is InChI=1S/C23H29N5O5S2/c1-6-14-33-23(30)19(15-24)22-28(7-2)21(29)20(34-22)16-25-17-8-10-18(11-9-17)35(31,32)27(5)13-12-26(3)4/h6,8-11,16,25H,1,7,12-14H2,2-5H3. The minimum atomic E-state index is -3.62. The number of ether oxygens (including phenoxy) is 1. The van der Waals surface area contributed by atoms with Crippen LogP contribution in [0.2, 0.25) is 0 Å². The highest BCUT2D eigenvalue weighted by Crippen LogP contribution is 2.17. The molecule has 1 N–H and O–H groups in total. The quantitative estimate of drug-likeness (QED) is 0.333. The van der Waals surface area contributed by atoms with Gasteiger partial charge in [0.15, 0.2) is 5.57 Å². The molecule has 0 aliphatic rings. The number of sulfonamides is 1. The predicted molar refractivity (Wildman–Crippen MR) is 137 cm³/mol. The highest BCUT2D eigenvalue weighted by atomic mass is 32.2. The Morgan fingerprint density at radius 1 is 1.26 bits per heavy atom. The molecule has 10 nitrogen and oxygen atoms in total. The second-order valence-corrected chi connectivity index (χ2v) is 10.7. The van der Waals surface area contributed by atoms with Crippen molar-refractivity contribution >= 4 is 44.8 Å². The maximum Gasteiger partial charge on any atom is 0.352 e. The van der Waals surface area contributed by atoms with E-state index in [1.54, 1.807) is 19.1 Å². The van der Waals surface area contributed by atoms with E-state index in [0.29, 0.717) is 18.8 Å². The highest BCUT2D eigenvalue weighted by molar-refractivity contribution is 7.89. The number of anilines is 1. The van der Waals surface area contributed by atoms with Crippen molar-refractivity contribution in [1.29, 1.82) is 5.26 Å². The molecule has 1 heterocycles. The Balaban J connectivity index is 2.35. The topological polar surface area (TPSA) is 125 Å². The van der Waals surface area contributed by atoms with Gasteiger partial charge in [-0.3, -0.25) is 9.36 Å². The van der Waals surface area contributed by atoms with Crippen LogP contribution < -0.4 is 20.1 Å². The van der Waals surface area contributed by atoms with E-state index in [-0.39, 0.29) is 38.4 Å². The number of nitriles is 1. The lowest BCUT2D eigenvalue weighted by molar-refractivity contribution is -0.135. The van der Waals surface area contributed by atoms with E-state index in [1.165, 1.54) is 40.3 Å². The molecule has 0 saturated carbocycles. The maximum absolute atomic E-state index is 12.8. The molecule has 0 bridgehead atoms. The SMILES string of the molecule is C=CCOC(=O)C(C#N)=c1sc(=CNc2ccc(S(=O)(=O)N(C)CCN(C)C)cc2)c(=O)n1CC. The largest absolute Gasteiger partial charge is 0.457 e. The number of carbonyl (C=O) groups excluding carboxylic acids is 1. The summed E-state index contributed by atoms with van der Waals surface area (Å²) in [4.78, 5) is 27.1. The molecular formula is C23H29N5O5S2. The van der Waals surface area contributed by atoms with Gasteiger partial charge in [-0.15, -0.1) is 11.3 Å². The fraction of sp³-hybridized carbons (Fsp3) is 0.348. The van der Waals surface area contributed by atoms with E-state index in [9.17, 15) is 23.3 Å². The van der Waals surface area contributed by atoms with Gasteiger partial charge in [-0.25, -0.2) is 13.2 Å². The first-order valence-electron chi connectivity index (χ1n) is 10.7. The molecule has 1 aromatic heterocycles. The monoisotopic (exact) mass is 519 g/mol. The first-order valence-corrected chi connectivity index (χ1v) is 12.9. The lowest BCUT2D eigenvalue weighted by atomic mass is 10.3. The second-order valence-electron chi connectivity index (χ2n) is 7.64. The Labute approximate surface area is 208 Å². The molecule has 0 fully saturated rings. The van der Waals surface area contributed by atoms with Crippen molar-refractivity contribution in [3.63, 3.8) is 0 Å². The van der Waals surface area contributed by atoms with Gasteiger partial charge in [0.2, 0.25) is 10.0 Å². The van der Waals surface area contributed by atoms with Crippen LogP contribution in [0.5, 0.6) is 0 Å². The smallest absolute Gasteiger partial charge is 0.352 e. The Kier molecular flexibility index (Phi) is 9.97. The van der Waals surface area contributed by atoms with Gasteiger partial charge >= 0.3 is 5.97 Å². The summed E-state index contributed by atoms with van der Waals surface area (Å²) in [5, 5.41) is 12.4. The van der Waals surface area contributed by atoms with Crippen LogP contribution in [-0.2, 0) is 26.1 Å². The predicted octanol–water partition coefficient (Wildman–Crippen LogP) is 0.365. The number of aromatic nitrogens is 1. The number of esters is 1. The van der Waals surface area contributed by atoms with Crippen LogP contribution in [0.25, 0.3) is 11.8 Å². The number of benzene rings is 1. The number of hydrogen-bond donors (Lipinski definition) is 1. The van der Waals surface area contributed by atoms with E-state index < -0.39 is 16.0 Å². The minimum absolute atomic E-state index is 0.0521. The minimum Gasteiger partial charge on any atom is -0.457 e. The summed E-state index contributed by atoms with van der Waals surface area (Å²) in [6, 6.07) is 7.98. The van der Waals surface area contributed by atoms with Crippen LogP contribution in [0.1, 0.15) is 6.92 Å². The first-order chi connectivity index (χ1) is 16.6. The lowest BCUT2D eigenvalue weighted by Crippen LogP contribution is -2.33. The zero-order valence-electron chi connectivity index (χ0n) is 20.1. The molecular weight excluding hydrogens is 490 g/mol. The third kappa shape index (κ3) is 6.89. The van der Waals surface area contributed by atoms with Crippen molar-refractivity contribution in [3.8, 4) is 6.07 Å². The van der Waals surface area contributed by atoms with Gasteiger partial charge in [-0.1, -0.05) is 12.7 Å². The number of nitrogens with zero attached hydrogens (tertiary/aromatic N) is 4. The molecule has 188 valence electrons. The Hall–Kier alpha value is -3.24. The Morgan fingerprint density at radius 3 is 2.46 bits per heavy atom. The molecule has 2 aromatic rings. The molecule has 2 rings (SSSR count). The van der Waals surface area contributed by atoms with Crippen molar-refractivity contribution in [3.05, 3.63) is 56.5 Å². The molecule has 0 aliphatic carbocycles. The van der Waals surface area contributed by atoms with Gasteiger partial charge in [-0.05, 0) is 45.3 Å². The van der Waals surface area contributed by atoms with Gasteiger partial charge in [0, 0.05) is 38.6 Å². The molecule has 0 saturated heterocycles. The van der Waals surface area contributed by atoms with Crippen LogP contribution in [0.3, 0.4) is 0 Å². The zero-order chi connectivity index (χ0) is 26.2. The molecule has 0 radical (unpaired) electrons. The van der Waals surface area contributed by atoms with Crippen LogP contribution in [0.15, 0.2) is 46.6 Å². The van der Waals surface area contributed by atoms with E-state index >= 15 is 0 Å². The first kappa shape index (κ1) is 28.0. The van der Waals surface area contributed by atoms with Crippen molar-refractivity contribution in [2.75, 3.05) is 46.2 Å². The Morgan fingerprint density at radius 2 is 1.91 bits per heavy atom. The average Bonchev–Trinajstić information content (AvgIpc) is 3.15. The van der Waals surface area contributed by atoms with Gasteiger partial charge in [0.25, 0.3) is 5.56 Å². The van der Waals surface area contributed by atoms with E-state index in [2.05, 4.69) is 11.9 Å². The summed E-state index contributed by atoms with van der Waals surface area (Å²) in [6.45, 7) is 6.35. The summed E-state index contributed by atoms with van der Waals surface area (Å²) in [5.74, 6) is -0.831. The highest BCUT2D eigenvalue weighted by Gasteiger charge is 2.20. The van der Waals surface area contributed by atoms with Gasteiger partial charge in [0.05, 0.1) is 4.90 Å². The van der Waals surface area contributed by atoms with Gasteiger partial charge in [0.1, 0.15) is 21.9 Å². The summed E-state index contributed by atoms with van der Waals surface area (Å²) >= 11 is 0.983. The molecule has 0 aliphatic heterocycles. The molecule has 0 spiro atoms. The average molecular weight is 520 g/mol. The van der Waals surface area contributed by atoms with E-state index in [4.69, 9.17) is 4.74 Å². The molecule has 0 unspecified atom stereocenters. The number of likely N-dealkylation sites (N-methyl/N-ethyl adjacent to an activating group) is 2. The Bertz CT molecular complexity index is 1380. The second kappa shape index (κ2) is 12.5. The zero-order valence-corrected chi connectivity index (χ0v) is 21.8. The van der Waals surface area contributed by atoms with Crippen molar-refractivity contribution < 1.29 is 17.9 Å². The van der Waals surface area contributed by atoms with Crippen molar-refractivity contribution in [2.24, 2.45) is 0 Å². The van der Waals surface area contributed by atoms with Crippen LogP contribution in [-0.4, -0.2) is 69.0 Å². The third-order valence-electron chi connectivity index (χ3n) is 4.88. The lowest BCUT2D eigenvalue weighted by Gasteiger charge is -2.19. The van der Waals surface area contributed by atoms with Crippen LogP contribution in [0.4, 0.5) is 5.69 Å².